The number of fused-ring (bicyclic) bond motifs is 1. The Labute approximate surface area is 193 Å². The Balaban J connectivity index is 1.98. The van der Waals surface area contributed by atoms with Gasteiger partial charge in [-0.3, -0.25) is 4.79 Å². The van der Waals surface area contributed by atoms with Gasteiger partial charge in [0.05, 0.1) is 11.1 Å². The Morgan fingerprint density at radius 3 is 2.18 bits per heavy atom. The maximum atomic E-state index is 14.4. The van der Waals surface area contributed by atoms with E-state index in [9.17, 15) is 32.3 Å². The van der Waals surface area contributed by atoms with Crippen LogP contribution in [0.15, 0.2) is 54.6 Å². The molecule has 34 heavy (non-hydrogen) atoms. The first-order chi connectivity index (χ1) is 15.8. The van der Waals surface area contributed by atoms with E-state index in [2.05, 4.69) is 5.32 Å². The average molecular weight is 477 g/mol. The lowest BCUT2D eigenvalue weighted by atomic mass is 9.86. The third kappa shape index (κ3) is 5.47. The van der Waals surface area contributed by atoms with Gasteiger partial charge in [0.15, 0.2) is 0 Å². The second kappa shape index (κ2) is 9.32. The zero-order valence-corrected chi connectivity index (χ0v) is 18.7. The van der Waals surface area contributed by atoms with E-state index in [0.717, 1.165) is 12.1 Å². The Hall–Kier alpha value is -3.62. The van der Waals surface area contributed by atoms with Crippen LogP contribution in [0.25, 0.3) is 10.8 Å². The van der Waals surface area contributed by atoms with Crippen LogP contribution < -0.4 is 10.1 Å². The molecular weight excluding hydrogens is 454 g/mol. The van der Waals surface area contributed by atoms with E-state index in [4.69, 9.17) is 4.74 Å². The molecular formula is C25H23F4NO4. The van der Waals surface area contributed by atoms with Crippen molar-refractivity contribution >= 4 is 22.6 Å². The topological polar surface area (TPSA) is 75.6 Å². The third-order valence-corrected chi connectivity index (χ3v) is 5.26. The number of aliphatic carboxylic acids is 1. The van der Waals surface area contributed by atoms with Crippen LogP contribution in [0.5, 0.6) is 5.75 Å². The van der Waals surface area contributed by atoms with Gasteiger partial charge < -0.3 is 15.2 Å². The van der Waals surface area contributed by atoms with Crippen LogP contribution in [-0.4, -0.2) is 23.0 Å². The molecule has 9 heteroatoms. The summed E-state index contributed by atoms with van der Waals surface area (Å²) in [5.74, 6) is -2.52. The van der Waals surface area contributed by atoms with Crippen molar-refractivity contribution in [1.82, 2.24) is 5.32 Å². The molecule has 0 saturated heterocycles. The quantitative estimate of drug-likeness (QED) is 0.440. The molecule has 0 heterocycles. The lowest BCUT2D eigenvalue weighted by Gasteiger charge is -2.28. The van der Waals surface area contributed by atoms with E-state index in [1.165, 1.54) is 42.5 Å². The van der Waals surface area contributed by atoms with Crippen LogP contribution in [-0.2, 0) is 17.6 Å². The van der Waals surface area contributed by atoms with E-state index in [1.807, 2.05) is 0 Å². The number of benzene rings is 3. The largest absolute Gasteiger partial charge is 0.487 e. The number of halogens is 4. The van der Waals surface area contributed by atoms with Gasteiger partial charge in [0.2, 0.25) is 0 Å². The fraction of sp³-hybridized carbons (Fsp3) is 0.280. The zero-order chi connectivity index (χ0) is 25.3. The summed E-state index contributed by atoms with van der Waals surface area (Å²) in [6.07, 6.45) is -4.48. The van der Waals surface area contributed by atoms with Gasteiger partial charge in [-0.2, -0.15) is 13.2 Å². The number of hydrogen-bond donors (Lipinski definition) is 2. The van der Waals surface area contributed by atoms with Crippen molar-refractivity contribution < 1.29 is 37.0 Å². The van der Waals surface area contributed by atoms with Crippen molar-refractivity contribution in [3.05, 3.63) is 77.1 Å². The van der Waals surface area contributed by atoms with Crippen molar-refractivity contribution in [2.75, 3.05) is 0 Å². The summed E-state index contributed by atoms with van der Waals surface area (Å²) in [5, 5.41) is 12.5. The van der Waals surface area contributed by atoms with E-state index in [-0.39, 0.29) is 28.7 Å². The lowest BCUT2D eigenvalue weighted by molar-refractivity contribution is -0.142. The lowest BCUT2D eigenvalue weighted by Crippen LogP contribution is -2.49. The van der Waals surface area contributed by atoms with Crippen molar-refractivity contribution in [3.63, 3.8) is 0 Å². The molecule has 0 bridgehead atoms. The van der Waals surface area contributed by atoms with Crippen molar-refractivity contribution in [3.8, 4) is 5.75 Å². The molecule has 0 radical (unpaired) electrons. The number of carbonyl (C=O) groups is 2. The molecule has 0 aliphatic carbocycles. The minimum atomic E-state index is -4.48. The number of alkyl halides is 3. The number of carboxylic acids is 1. The molecule has 0 aromatic heterocycles. The fourth-order valence-electron chi connectivity index (χ4n) is 3.43. The summed E-state index contributed by atoms with van der Waals surface area (Å²) < 4.78 is 58.6. The normalized spacial score (nSPS) is 12.9. The first-order valence-corrected chi connectivity index (χ1v) is 10.3. The maximum Gasteiger partial charge on any atom is 0.416 e. The van der Waals surface area contributed by atoms with Gasteiger partial charge in [-0.1, -0.05) is 51.1 Å². The predicted octanol–water partition coefficient (Wildman–Crippen LogP) is 5.81. The highest BCUT2D eigenvalue weighted by Crippen LogP contribution is 2.33. The van der Waals surface area contributed by atoms with E-state index >= 15 is 0 Å². The molecule has 1 unspecified atom stereocenters. The standard InChI is InChI=1S/C25H23F4NO4/c1-24(2,3)21(23(32)33)30-22(31)18-12-11-16-17(5-4-6-19(16)26)20(18)34-13-14-7-9-15(10-8-14)25(27,28)29/h4-12,21H,13H2,1-3H3,(H,30,31)(H,32,33). The number of hydrogen-bond acceptors (Lipinski definition) is 3. The van der Waals surface area contributed by atoms with Gasteiger partial charge in [-0.15, -0.1) is 0 Å². The van der Waals surface area contributed by atoms with Gasteiger partial charge in [0.1, 0.15) is 24.2 Å². The molecule has 3 aromatic rings. The Morgan fingerprint density at radius 2 is 1.62 bits per heavy atom. The highest BCUT2D eigenvalue weighted by atomic mass is 19.4. The number of ether oxygens (including phenoxy) is 1. The monoisotopic (exact) mass is 477 g/mol. The summed E-state index contributed by atoms with van der Waals surface area (Å²) in [7, 11) is 0. The molecule has 0 aliphatic heterocycles. The number of nitrogens with one attached hydrogen (secondary N) is 1. The molecule has 3 rings (SSSR count). The minimum Gasteiger partial charge on any atom is -0.487 e. The summed E-state index contributed by atoms with van der Waals surface area (Å²) in [5.41, 5.74) is -1.25. The molecule has 180 valence electrons. The molecule has 5 nitrogen and oxygen atoms in total. The van der Waals surface area contributed by atoms with Crippen molar-refractivity contribution in [1.29, 1.82) is 0 Å². The highest BCUT2D eigenvalue weighted by Gasteiger charge is 2.34. The van der Waals surface area contributed by atoms with Crippen LogP contribution in [0.1, 0.15) is 42.3 Å². The Kier molecular flexibility index (Phi) is 6.86. The van der Waals surface area contributed by atoms with Gasteiger partial charge in [0.25, 0.3) is 5.91 Å². The second-order valence-electron chi connectivity index (χ2n) is 8.87. The Morgan fingerprint density at radius 1 is 0.971 bits per heavy atom. The molecule has 0 fully saturated rings. The molecule has 0 aliphatic rings. The zero-order valence-electron chi connectivity index (χ0n) is 18.7. The van der Waals surface area contributed by atoms with E-state index in [1.54, 1.807) is 20.8 Å². The van der Waals surface area contributed by atoms with Crippen molar-refractivity contribution in [2.24, 2.45) is 5.41 Å². The highest BCUT2D eigenvalue weighted by molar-refractivity contribution is 6.05. The molecule has 3 aromatic carbocycles. The molecule has 1 amide bonds. The van der Waals surface area contributed by atoms with Gasteiger partial charge in [-0.05, 0) is 35.2 Å². The molecule has 0 spiro atoms. The first kappa shape index (κ1) is 25.0. The molecule has 1 atom stereocenters. The van der Waals surface area contributed by atoms with E-state index in [0.29, 0.717) is 5.56 Å². The number of rotatable bonds is 6. The predicted molar refractivity (Wildman–Crippen MR) is 118 cm³/mol. The van der Waals surface area contributed by atoms with Crippen LogP contribution in [0.4, 0.5) is 17.6 Å². The number of carboxylic acid groups (broad SMARTS) is 1. The molecule has 0 saturated carbocycles. The third-order valence-electron chi connectivity index (χ3n) is 5.26. The van der Waals surface area contributed by atoms with Crippen LogP contribution in [0.3, 0.4) is 0 Å². The summed E-state index contributed by atoms with van der Waals surface area (Å²) in [6, 6.07) is 10.0. The van der Waals surface area contributed by atoms with Gasteiger partial charge >= 0.3 is 12.1 Å². The second-order valence-corrected chi connectivity index (χ2v) is 8.87. The number of amides is 1. The van der Waals surface area contributed by atoms with E-state index < -0.39 is 40.9 Å². The SMILES string of the molecule is CC(C)(C)C(NC(=O)c1ccc2c(F)cccc2c1OCc1ccc(C(F)(F)F)cc1)C(=O)O. The number of carbonyl (C=O) groups excluding carboxylic acids is 1. The van der Waals surface area contributed by atoms with Crippen LogP contribution in [0, 0.1) is 11.2 Å². The summed E-state index contributed by atoms with van der Waals surface area (Å²) in [6.45, 7) is 4.77. The fourth-order valence-corrected chi connectivity index (χ4v) is 3.43. The summed E-state index contributed by atoms with van der Waals surface area (Å²) in [4.78, 5) is 24.7. The first-order valence-electron chi connectivity index (χ1n) is 10.3. The van der Waals surface area contributed by atoms with Crippen LogP contribution >= 0.6 is 0 Å². The Bertz CT molecular complexity index is 1210. The smallest absolute Gasteiger partial charge is 0.416 e. The average Bonchev–Trinajstić information content (AvgIpc) is 2.74. The molecule has 2 N–H and O–H groups in total. The van der Waals surface area contributed by atoms with Crippen molar-refractivity contribution in [2.45, 2.75) is 39.6 Å². The summed E-state index contributed by atoms with van der Waals surface area (Å²) >= 11 is 0. The minimum absolute atomic E-state index is 0.00699. The maximum absolute atomic E-state index is 14.4. The van der Waals surface area contributed by atoms with Crippen LogP contribution in [0.2, 0.25) is 0 Å². The van der Waals surface area contributed by atoms with Gasteiger partial charge in [-0.25, -0.2) is 9.18 Å². The van der Waals surface area contributed by atoms with Gasteiger partial charge in [0, 0.05) is 10.8 Å².